The van der Waals surface area contributed by atoms with Crippen LogP contribution >= 0.6 is 0 Å². The van der Waals surface area contributed by atoms with Crippen molar-refractivity contribution in [1.82, 2.24) is 9.91 Å². The maximum absolute atomic E-state index is 13.4. The minimum absolute atomic E-state index is 0.0487. The van der Waals surface area contributed by atoms with E-state index >= 15 is 0 Å². The van der Waals surface area contributed by atoms with Gasteiger partial charge in [0.25, 0.3) is 5.91 Å². The number of nitrogens with zero attached hydrogens (tertiary/aromatic N) is 3. The molecule has 2 aromatic rings. The Kier molecular flexibility index (Phi) is 6.80. The molecule has 0 saturated carbocycles. The fourth-order valence-electron chi connectivity index (χ4n) is 4.47. The van der Waals surface area contributed by atoms with E-state index in [0.717, 1.165) is 54.4 Å². The molecule has 1 atom stereocenters. The predicted molar refractivity (Wildman–Crippen MR) is 126 cm³/mol. The van der Waals surface area contributed by atoms with Crippen LogP contribution in [0.15, 0.2) is 47.6 Å². The topological polar surface area (TPSA) is 54.4 Å². The molecule has 2 aliphatic heterocycles. The van der Waals surface area contributed by atoms with E-state index in [9.17, 15) is 4.79 Å². The van der Waals surface area contributed by atoms with Crippen molar-refractivity contribution >= 4 is 11.6 Å². The molecule has 1 amide bonds. The molecule has 32 heavy (non-hydrogen) atoms. The highest BCUT2D eigenvalue weighted by Crippen LogP contribution is 2.36. The number of amides is 1. The lowest BCUT2D eigenvalue weighted by Crippen LogP contribution is -2.41. The molecule has 170 valence electrons. The van der Waals surface area contributed by atoms with Crippen LogP contribution in [0.4, 0.5) is 0 Å². The van der Waals surface area contributed by atoms with Crippen LogP contribution in [-0.2, 0) is 4.79 Å². The minimum atomic E-state index is -0.117. The summed E-state index contributed by atoms with van der Waals surface area (Å²) in [5.74, 6) is 2.21. The molecular formula is C26H33N3O3. The van der Waals surface area contributed by atoms with E-state index in [-0.39, 0.29) is 11.9 Å². The van der Waals surface area contributed by atoms with E-state index in [2.05, 4.69) is 43.0 Å². The van der Waals surface area contributed by atoms with Crippen LogP contribution in [-0.4, -0.2) is 55.4 Å². The van der Waals surface area contributed by atoms with Crippen molar-refractivity contribution in [1.29, 1.82) is 0 Å². The van der Waals surface area contributed by atoms with E-state index in [0.29, 0.717) is 18.7 Å². The fraction of sp³-hybridized carbons (Fsp3) is 0.462. The summed E-state index contributed by atoms with van der Waals surface area (Å²) in [4.78, 5) is 15.7. The Hall–Kier alpha value is -2.86. The number of carbonyl (C=O) groups is 1. The monoisotopic (exact) mass is 435 g/mol. The van der Waals surface area contributed by atoms with E-state index in [1.165, 1.54) is 5.56 Å². The smallest absolute Gasteiger partial charge is 0.257 e. The standard InChI is InChI=1S/C26H33N3O3/c1-18-5-7-20(8-6-18)24-16-23(22-10-9-21(31-3)15-25(22)32-4)27-29(24)26(30)17-28-13-11-19(2)12-14-28/h5-10,15,19,24H,11-14,16-17H2,1-4H3/t24-/m0/s1. The predicted octanol–water partition coefficient (Wildman–Crippen LogP) is 4.42. The normalized spacial score (nSPS) is 19.7. The number of benzene rings is 2. The zero-order valence-electron chi connectivity index (χ0n) is 19.5. The highest BCUT2D eigenvalue weighted by molar-refractivity contribution is 6.05. The maximum Gasteiger partial charge on any atom is 0.257 e. The third-order valence-corrected chi connectivity index (χ3v) is 6.58. The maximum atomic E-state index is 13.4. The van der Waals surface area contributed by atoms with Crippen LogP contribution in [0.2, 0.25) is 0 Å². The Labute approximate surface area is 190 Å². The highest BCUT2D eigenvalue weighted by Gasteiger charge is 2.35. The van der Waals surface area contributed by atoms with Gasteiger partial charge in [0.1, 0.15) is 11.5 Å². The molecule has 6 heteroatoms. The molecule has 6 nitrogen and oxygen atoms in total. The number of hydrogen-bond acceptors (Lipinski definition) is 5. The Morgan fingerprint density at radius 2 is 1.78 bits per heavy atom. The molecule has 4 rings (SSSR count). The van der Waals surface area contributed by atoms with Gasteiger partial charge in [-0.1, -0.05) is 36.8 Å². The summed E-state index contributed by atoms with van der Waals surface area (Å²) in [5, 5.41) is 6.53. The number of likely N-dealkylation sites (tertiary alicyclic amines) is 1. The number of ether oxygens (including phenoxy) is 2. The average Bonchev–Trinajstić information content (AvgIpc) is 3.26. The summed E-state index contributed by atoms with van der Waals surface area (Å²) in [5.41, 5.74) is 4.05. The van der Waals surface area contributed by atoms with Gasteiger partial charge in [0.05, 0.1) is 32.5 Å². The lowest BCUT2D eigenvalue weighted by Gasteiger charge is -2.31. The third-order valence-electron chi connectivity index (χ3n) is 6.58. The van der Waals surface area contributed by atoms with Crippen LogP contribution < -0.4 is 9.47 Å². The van der Waals surface area contributed by atoms with Crippen molar-refractivity contribution in [2.45, 2.75) is 39.2 Å². The summed E-state index contributed by atoms with van der Waals surface area (Å²) in [6, 6.07) is 14.0. The molecule has 0 spiro atoms. The second-order valence-electron chi connectivity index (χ2n) is 8.94. The van der Waals surface area contributed by atoms with E-state index in [1.807, 2.05) is 18.2 Å². The molecule has 0 bridgehead atoms. The van der Waals surface area contributed by atoms with Crippen molar-refractivity contribution in [2.75, 3.05) is 33.9 Å². The summed E-state index contributed by atoms with van der Waals surface area (Å²) in [7, 11) is 3.28. The van der Waals surface area contributed by atoms with Gasteiger partial charge in [-0.05, 0) is 56.5 Å². The van der Waals surface area contributed by atoms with Gasteiger partial charge in [-0.3, -0.25) is 9.69 Å². The summed E-state index contributed by atoms with van der Waals surface area (Å²) in [6.45, 7) is 6.71. The van der Waals surface area contributed by atoms with Crippen molar-refractivity contribution in [2.24, 2.45) is 11.0 Å². The van der Waals surface area contributed by atoms with E-state index < -0.39 is 0 Å². The minimum Gasteiger partial charge on any atom is -0.497 e. The summed E-state index contributed by atoms with van der Waals surface area (Å²) >= 11 is 0. The van der Waals surface area contributed by atoms with Gasteiger partial charge in [-0.25, -0.2) is 5.01 Å². The molecule has 0 radical (unpaired) electrons. The number of aryl methyl sites for hydroxylation is 1. The van der Waals surface area contributed by atoms with Gasteiger partial charge < -0.3 is 9.47 Å². The first kappa shape index (κ1) is 22.3. The molecule has 1 fully saturated rings. The molecule has 1 saturated heterocycles. The van der Waals surface area contributed by atoms with Crippen molar-refractivity contribution in [3.63, 3.8) is 0 Å². The molecule has 0 N–H and O–H groups in total. The molecule has 2 aromatic carbocycles. The second-order valence-corrected chi connectivity index (χ2v) is 8.94. The number of carbonyl (C=O) groups excluding carboxylic acids is 1. The number of methoxy groups -OCH3 is 2. The van der Waals surface area contributed by atoms with Gasteiger partial charge in [0.15, 0.2) is 0 Å². The third kappa shape index (κ3) is 4.80. The zero-order chi connectivity index (χ0) is 22.7. The van der Waals surface area contributed by atoms with Crippen LogP contribution in [0, 0.1) is 12.8 Å². The van der Waals surface area contributed by atoms with Crippen molar-refractivity contribution in [3.05, 3.63) is 59.2 Å². The van der Waals surface area contributed by atoms with Gasteiger partial charge in [0, 0.05) is 18.1 Å². The van der Waals surface area contributed by atoms with Gasteiger partial charge in [-0.2, -0.15) is 5.10 Å². The highest BCUT2D eigenvalue weighted by atomic mass is 16.5. The lowest BCUT2D eigenvalue weighted by molar-refractivity contribution is -0.134. The van der Waals surface area contributed by atoms with E-state index in [4.69, 9.17) is 14.6 Å². The molecule has 0 aromatic heterocycles. The first-order valence-electron chi connectivity index (χ1n) is 11.4. The van der Waals surface area contributed by atoms with Gasteiger partial charge >= 0.3 is 0 Å². The Morgan fingerprint density at radius 1 is 1.06 bits per heavy atom. The Balaban J connectivity index is 1.62. The quantitative estimate of drug-likeness (QED) is 0.674. The summed E-state index contributed by atoms with van der Waals surface area (Å²) in [6.07, 6.45) is 2.94. The van der Waals surface area contributed by atoms with Gasteiger partial charge in [-0.15, -0.1) is 0 Å². The number of rotatable bonds is 6. The van der Waals surface area contributed by atoms with Crippen LogP contribution in [0.5, 0.6) is 11.5 Å². The first-order chi connectivity index (χ1) is 15.5. The zero-order valence-corrected chi connectivity index (χ0v) is 19.5. The molecule has 0 aliphatic carbocycles. The molecular weight excluding hydrogens is 402 g/mol. The average molecular weight is 436 g/mol. The number of hydrazone groups is 1. The van der Waals surface area contributed by atoms with Crippen LogP contribution in [0.1, 0.15) is 48.9 Å². The van der Waals surface area contributed by atoms with Crippen LogP contribution in [0.25, 0.3) is 0 Å². The first-order valence-corrected chi connectivity index (χ1v) is 11.4. The SMILES string of the molecule is COc1ccc(C2=NN(C(=O)CN3CCC(C)CC3)[C@H](c3ccc(C)cc3)C2)c(OC)c1. The van der Waals surface area contributed by atoms with Crippen LogP contribution in [0.3, 0.4) is 0 Å². The Bertz CT molecular complexity index is 978. The second kappa shape index (κ2) is 9.74. The number of piperidine rings is 1. The molecule has 2 aliphatic rings. The fourth-order valence-corrected chi connectivity index (χ4v) is 4.47. The van der Waals surface area contributed by atoms with Crippen molar-refractivity contribution in [3.8, 4) is 11.5 Å². The van der Waals surface area contributed by atoms with Gasteiger partial charge in [0.2, 0.25) is 0 Å². The van der Waals surface area contributed by atoms with E-state index in [1.54, 1.807) is 19.2 Å². The molecule has 0 unspecified atom stereocenters. The molecule has 2 heterocycles. The van der Waals surface area contributed by atoms with Crippen molar-refractivity contribution < 1.29 is 14.3 Å². The summed E-state index contributed by atoms with van der Waals surface area (Å²) < 4.78 is 10.9. The lowest BCUT2D eigenvalue weighted by atomic mass is 9.97. The largest absolute Gasteiger partial charge is 0.497 e. The number of hydrogen-bond donors (Lipinski definition) is 0. The Morgan fingerprint density at radius 3 is 2.44 bits per heavy atom.